The second kappa shape index (κ2) is 8.99. The SMILES string of the molecule is Cc1ccc(S(=O)(=O)NC(=O)NC2CCC(NC(=O)N[SH](=O)=O)CC2)cn1. The first-order valence-electron chi connectivity index (χ1n) is 8.13. The highest BCUT2D eigenvalue weighted by Crippen LogP contribution is 2.18. The molecule has 1 aromatic heterocycles. The van der Waals surface area contributed by atoms with Crippen LogP contribution in [0.1, 0.15) is 31.4 Å². The molecule has 13 heteroatoms. The Kier molecular flexibility index (Phi) is 6.96. The zero-order valence-corrected chi connectivity index (χ0v) is 16.2. The molecule has 2 rings (SSSR count). The Bertz CT molecular complexity index is 852. The first-order valence-corrected chi connectivity index (χ1v) is 10.8. The predicted octanol–water partition coefficient (Wildman–Crippen LogP) is -0.485. The minimum absolute atomic E-state index is 0.112. The molecule has 4 N–H and O–H groups in total. The molecule has 0 radical (unpaired) electrons. The minimum atomic E-state index is -4.01. The van der Waals surface area contributed by atoms with Crippen LogP contribution in [-0.4, -0.2) is 46.0 Å². The number of amides is 4. The second-order valence-corrected chi connectivity index (χ2v) is 8.53. The number of hydrogen-bond acceptors (Lipinski definition) is 7. The number of nitrogens with zero attached hydrogens (tertiary/aromatic N) is 1. The number of hydrogen-bond donors (Lipinski definition) is 5. The van der Waals surface area contributed by atoms with Gasteiger partial charge in [0.05, 0.1) is 0 Å². The van der Waals surface area contributed by atoms with Crippen molar-refractivity contribution in [2.45, 2.75) is 49.6 Å². The fraction of sp³-hybridized carbons (Fsp3) is 0.500. The van der Waals surface area contributed by atoms with E-state index in [1.807, 2.05) is 4.72 Å². The molecule has 0 atom stereocenters. The van der Waals surface area contributed by atoms with Crippen LogP contribution in [0.4, 0.5) is 9.59 Å². The van der Waals surface area contributed by atoms with Gasteiger partial charge in [-0.3, -0.25) is 4.98 Å². The summed E-state index contributed by atoms with van der Waals surface area (Å²) in [6.07, 6.45) is 3.22. The van der Waals surface area contributed by atoms with Crippen molar-refractivity contribution in [3.63, 3.8) is 0 Å². The number of rotatable bonds is 5. The van der Waals surface area contributed by atoms with Crippen molar-refractivity contribution in [1.29, 1.82) is 0 Å². The van der Waals surface area contributed by atoms with Gasteiger partial charge < -0.3 is 10.6 Å². The average Bonchev–Trinajstić information content (AvgIpc) is 2.55. The summed E-state index contributed by atoms with van der Waals surface area (Å²) in [7, 11) is -7.02. The summed E-state index contributed by atoms with van der Waals surface area (Å²) in [5.74, 6) is 0. The van der Waals surface area contributed by atoms with Gasteiger partial charge in [0, 0.05) is 24.0 Å². The summed E-state index contributed by atoms with van der Waals surface area (Å²) in [5, 5.41) is 5.11. The van der Waals surface area contributed by atoms with Crippen LogP contribution in [0.3, 0.4) is 0 Å². The summed E-state index contributed by atoms with van der Waals surface area (Å²) in [6.45, 7) is 1.71. The normalized spacial score (nSPS) is 19.9. The number of carbonyl (C=O) groups excluding carboxylic acids is 2. The maximum Gasteiger partial charge on any atom is 0.328 e. The van der Waals surface area contributed by atoms with Gasteiger partial charge in [-0.05, 0) is 44.7 Å². The maximum atomic E-state index is 12.1. The zero-order chi connectivity index (χ0) is 20.0. The molecule has 0 saturated heterocycles. The molecule has 0 aromatic carbocycles. The third-order valence-corrected chi connectivity index (χ3v) is 5.71. The first kappa shape index (κ1) is 20.9. The summed E-state index contributed by atoms with van der Waals surface area (Å²) in [4.78, 5) is 27.1. The molecule has 1 fully saturated rings. The van der Waals surface area contributed by atoms with Crippen LogP contribution in [0.2, 0.25) is 0 Å². The molecule has 1 saturated carbocycles. The lowest BCUT2D eigenvalue weighted by Gasteiger charge is -2.29. The topological polar surface area (TPSA) is 163 Å². The summed E-state index contributed by atoms with van der Waals surface area (Å²) < 4.78 is 48.8. The molecule has 27 heavy (non-hydrogen) atoms. The van der Waals surface area contributed by atoms with E-state index in [2.05, 4.69) is 15.6 Å². The van der Waals surface area contributed by atoms with Crippen LogP contribution in [0, 0.1) is 6.92 Å². The molecule has 0 aliphatic heterocycles. The van der Waals surface area contributed by atoms with Crippen LogP contribution >= 0.6 is 0 Å². The van der Waals surface area contributed by atoms with Crippen molar-refractivity contribution in [3.05, 3.63) is 24.0 Å². The lowest BCUT2D eigenvalue weighted by molar-refractivity contribution is 0.226. The number of urea groups is 2. The van der Waals surface area contributed by atoms with Crippen molar-refractivity contribution in [2.75, 3.05) is 0 Å². The predicted molar refractivity (Wildman–Crippen MR) is 95.9 cm³/mol. The van der Waals surface area contributed by atoms with E-state index in [1.54, 1.807) is 11.6 Å². The van der Waals surface area contributed by atoms with Gasteiger partial charge in [-0.25, -0.2) is 35.9 Å². The van der Waals surface area contributed by atoms with Gasteiger partial charge in [0.2, 0.25) is 10.9 Å². The van der Waals surface area contributed by atoms with Gasteiger partial charge in [-0.15, -0.1) is 0 Å². The highest BCUT2D eigenvalue weighted by molar-refractivity contribution is 7.90. The number of carbonyl (C=O) groups is 2. The number of aryl methyl sites for hydroxylation is 1. The van der Waals surface area contributed by atoms with E-state index >= 15 is 0 Å². The molecule has 0 unspecified atom stereocenters. The van der Waals surface area contributed by atoms with E-state index in [4.69, 9.17) is 0 Å². The number of aromatic nitrogens is 1. The van der Waals surface area contributed by atoms with Crippen molar-refractivity contribution >= 4 is 33.0 Å². The van der Waals surface area contributed by atoms with E-state index in [1.165, 1.54) is 18.3 Å². The molecule has 0 spiro atoms. The molecule has 1 heterocycles. The van der Waals surface area contributed by atoms with Crippen molar-refractivity contribution in [2.24, 2.45) is 0 Å². The van der Waals surface area contributed by atoms with Gasteiger partial charge in [-0.2, -0.15) is 0 Å². The molecule has 1 aliphatic rings. The van der Waals surface area contributed by atoms with Crippen LogP contribution in [0.25, 0.3) is 0 Å². The lowest BCUT2D eigenvalue weighted by Crippen LogP contribution is -2.49. The highest BCUT2D eigenvalue weighted by Gasteiger charge is 2.25. The smallest absolute Gasteiger partial charge is 0.328 e. The Morgan fingerprint density at radius 2 is 1.59 bits per heavy atom. The number of sulfonamides is 1. The fourth-order valence-electron chi connectivity index (χ4n) is 2.69. The molecule has 1 aromatic rings. The Hall–Kier alpha value is -2.41. The number of nitrogens with one attached hydrogen (secondary N) is 4. The first-order chi connectivity index (χ1) is 12.7. The average molecular weight is 419 g/mol. The van der Waals surface area contributed by atoms with Crippen LogP contribution in [-0.2, 0) is 20.9 Å². The van der Waals surface area contributed by atoms with Gasteiger partial charge >= 0.3 is 12.1 Å². The van der Waals surface area contributed by atoms with Gasteiger partial charge in [0.15, 0.2) is 0 Å². The summed E-state index contributed by atoms with van der Waals surface area (Å²) >= 11 is 0. The van der Waals surface area contributed by atoms with E-state index in [0.717, 1.165) is 0 Å². The largest absolute Gasteiger partial charge is 0.335 e. The summed E-state index contributed by atoms with van der Waals surface area (Å²) in [5.41, 5.74) is 0.652. The van der Waals surface area contributed by atoms with Crippen molar-refractivity contribution in [3.8, 4) is 0 Å². The quantitative estimate of drug-likeness (QED) is 0.402. The molecular formula is C14H21N5O6S2. The molecular weight excluding hydrogens is 398 g/mol. The Labute approximate surface area is 158 Å². The Morgan fingerprint density at radius 1 is 1.04 bits per heavy atom. The minimum Gasteiger partial charge on any atom is -0.335 e. The van der Waals surface area contributed by atoms with E-state index in [-0.39, 0.29) is 17.0 Å². The van der Waals surface area contributed by atoms with Crippen LogP contribution in [0.5, 0.6) is 0 Å². The third-order valence-electron chi connectivity index (χ3n) is 4.01. The maximum absolute atomic E-state index is 12.1. The number of thiol groups is 1. The summed E-state index contributed by atoms with van der Waals surface area (Å²) in [6, 6.07) is 0.776. The van der Waals surface area contributed by atoms with Crippen molar-refractivity contribution in [1.82, 2.24) is 25.1 Å². The molecule has 0 bridgehead atoms. The standard InChI is InChI=1S/C14H21N5O6S2/c1-9-2-7-12(8-15-9)27(24,25)19-14(21)17-11-5-3-10(4-6-11)16-13(20)18-26(22)23/h2,7-8,10-11,26H,3-6H2,1H3,(H2,17,19,21)(H2,16,18,20,22,23). The second-order valence-electron chi connectivity index (χ2n) is 6.11. The van der Waals surface area contributed by atoms with Crippen LogP contribution in [0.15, 0.2) is 23.2 Å². The lowest BCUT2D eigenvalue weighted by atomic mass is 9.91. The van der Waals surface area contributed by atoms with Crippen LogP contribution < -0.4 is 20.1 Å². The monoisotopic (exact) mass is 419 g/mol. The molecule has 4 amide bonds. The van der Waals surface area contributed by atoms with E-state index in [9.17, 15) is 26.4 Å². The van der Waals surface area contributed by atoms with E-state index < -0.39 is 33.0 Å². The molecule has 1 aliphatic carbocycles. The molecule has 150 valence electrons. The number of pyridine rings is 1. The van der Waals surface area contributed by atoms with Crippen molar-refractivity contribution < 1.29 is 26.4 Å². The van der Waals surface area contributed by atoms with E-state index in [0.29, 0.717) is 31.4 Å². The molecule has 11 nitrogen and oxygen atoms in total. The highest BCUT2D eigenvalue weighted by atomic mass is 32.2. The Balaban J connectivity index is 1.80. The third kappa shape index (κ3) is 6.67. The Morgan fingerprint density at radius 3 is 2.07 bits per heavy atom. The van der Waals surface area contributed by atoms with Gasteiger partial charge in [0.25, 0.3) is 10.0 Å². The van der Waals surface area contributed by atoms with Gasteiger partial charge in [-0.1, -0.05) is 0 Å². The van der Waals surface area contributed by atoms with Gasteiger partial charge in [0.1, 0.15) is 4.90 Å². The fourth-order valence-corrected chi connectivity index (χ4v) is 3.78. The zero-order valence-electron chi connectivity index (χ0n) is 14.5.